The summed E-state index contributed by atoms with van der Waals surface area (Å²) in [6.45, 7) is 4.59. The van der Waals surface area contributed by atoms with Crippen molar-refractivity contribution in [2.45, 2.75) is 44.6 Å². The first-order valence-corrected chi connectivity index (χ1v) is 10.1. The zero-order valence-electron chi connectivity index (χ0n) is 15.8. The summed E-state index contributed by atoms with van der Waals surface area (Å²) in [5, 5.41) is 0. The molecule has 0 unspecified atom stereocenters. The van der Waals surface area contributed by atoms with E-state index in [4.69, 9.17) is 4.98 Å². The summed E-state index contributed by atoms with van der Waals surface area (Å²) in [5.74, 6) is 2.27. The topological polar surface area (TPSA) is 58.4 Å². The van der Waals surface area contributed by atoms with E-state index >= 15 is 0 Å². The Bertz CT molecular complexity index is 887. The molecule has 2 amide bonds. The number of aromatic nitrogens is 2. The van der Waals surface area contributed by atoms with Gasteiger partial charge in [-0.2, -0.15) is 0 Å². The molecule has 0 atom stereocenters. The molecule has 5 rings (SSSR count). The van der Waals surface area contributed by atoms with E-state index in [0.717, 1.165) is 31.4 Å². The average Bonchev–Trinajstić information content (AvgIpc) is 3.42. The molecule has 3 fully saturated rings. The lowest BCUT2D eigenvalue weighted by Crippen LogP contribution is -2.54. The fraction of sp³-hybridized carbons (Fsp3) is 0.571. The normalized spacial score (nSPS) is 21.5. The number of nitrogens with zero attached hydrogens (tertiary/aromatic N) is 4. The van der Waals surface area contributed by atoms with Crippen molar-refractivity contribution in [1.82, 2.24) is 19.4 Å². The molecule has 2 saturated heterocycles. The highest BCUT2D eigenvalue weighted by Crippen LogP contribution is 2.43. The number of likely N-dealkylation sites (tertiary alicyclic amines) is 2. The number of hydrogen-bond acceptors (Lipinski definition) is 3. The summed E-state index contributed by atoms with van der Waals surface area (Å²) in [6.07, 6.45) is 4.04. The molecular weight excluding hydrogens is 340 g/mol. The van der Waals surface area contributed by atoms with Gasteiger partial charge < -0.3 is 14.4 Å². The van der Waals surface area contributed by atoms with Gasteiger partial charge in [-0.25, -0.2) is 4.98 Å². The van der Waals surface area contributed by atoms with Crippen LogP contribution < -0.4 is 0 Å². The van der Waals surface area contributed by atoms with Crippen molar-refractivity contribution in [3.8, 4) is 0 Å². The smallest absolute Gasteiger partial charge is 0.225 e. The summed E-state index contributed by atoms with van der Waals surface area (Å²) < 4.78 is 2.40. The van der Waals surface area contributed by atoms with E-state index in [-0.39, 0.29) is 17.7 Å². The Morgan fingerprint density at radius 2 is 1.70 bits per heavy atom. The van der Waals surface area contributed by atoms with Crippen LogP contribution in [0.3, 0.4) is 0 Å². The van der Waals surface area contributed by atoms with Crippen molar-refractivity contribution in [1.29, 1.82) is 0 Å². The summed E-state index contributed by atoms with van der Waals surface area (Å²) in [5.41, 5.74) is 2.27. The predicted octanol–water partition coefficient (Wildman–Crippen LogP) is 2.56. The maximum absolute atomic E-state index is 12.9. The summed E-state index contributed by atoms with van der Waals surface area (Å²) >= 11 is 0. The third-order valence-corrected chi connectivity index (χ3v) is 6.39. The van der Waals surface area contributed by atoms with Crippen molar-refractivity contribution in [3.63, 3.8) is 0 Å². The van der Waals surface area contributed by atoms with Crippen LogP contribution in [0.15, 0.2) is 24.3 Å². The Morgan fingerprint density at radius 1 is 1.00 bits per heavy atom. The second-order valence-electron chi connectivity index (χ2n) is 8.28. The number of benzene rings is 1. The Kier molecular flexibility index (Phi) is 3.95. The van der Waals surface area contributed by atoms with Crippen LogP contribution in [0.25, 0.3) is 11.0 Å². The van der Waals surface area contributed by atoms with Crippen LogP contribution in [-0.2, 0) is 9.59 Å². The number of hydrogen-bond donors (Lipinski definition) is 0. The number of imidazole rings is 1. The van der Waals surface area contributed by atoms with Crippen LogP contribution in [0, 0.1) is 5.92 Å². The van der Waals surface area contributed by atoms with Crippen LogP contribution in [0.5, 0.6) is 0 Å². The van der Waals surface area contributed by atoms with Gasteiger partial charge in [0.15, 0.2) is 0 Å². The van der Waals surface area contributed by atoms with Gasteiger partial charge in [0, 0.05) is 44.9 Å². The van der Waals surface area contributed by atoms with E-state index in [1.165, 1.54) is 24.2 Å². The van der Waals surface area contributed by atoms with Crippen molar-refractivity contribution in [3.05, 3.63) is 30.1 Å². The highest BCUT2D eigenvalue weighted by molar-refractivity contribution is 5.81. The predicted molar refractivity (Wildman–Crippen MR) is 102 cm³/mol. The minimum absolute atomic E-state index is 0.0731. The lowest BCUT2D eigenvalue weighted by Gasteiger charge is -2.43. The molecule has 1 aliphatic carbocycles. The molecule has 3 heterocycles. The first-order valence-electron chi connectivity index (χ1n) is 10.1. The first-order chi connectivity index (χ1) is 13.1. The van der Waals surface area contributed by atoms with Gasteiger partial charge in [-0.05, 0) is 37.8 Å². The Labute approximate surface area is 159 Å². The molecule has 0 N–H and O–H groups in total. The number of carbonyl (C=O) groups is 2. The third-order valence-electron chi connectivity index (χ3n) is 6.39. The minimum Gasteiger partial charge on any atom is -0.343 e. The van der Waals surface area contributed by atoms with E-state index in [1.807, 2.05) is 15.9 Å². The Hall–Kier alpha value is -2.37. The molecule has 0 radical (unpaired) electrons. The number of amides is 2. The molecular formula is C21H26N4O2. The molecule has 3 aliphatic rings. The van der Waals surface area contributed by atoms with Crippen molar-refractivity contribution < 1.29 is 9.59 Å². The molecule has 6 heteroatoms. The third kappa shape index (κ3) is 2.91. The zero-order chi connectivity index (χ0) is 18.5. The summed E-state index contributed by atoms with van der Waals surface area (Å²) in [4.78, 5) is 33.1. The van der Waals surface area contributed by atoms with Gasteiger partial charge >= 0.3 is 0 Å². The monoisotopic (exact) mass is 366 g/mol. The fourth-order valence-corrected chi connectivity index (χ4v) is 4.57. The molecule has 142 valence electrons. The highest BCUT2D eigenvalue weighted by atomic mass is 16.2. The van der Waals surface area contributed by atoms with Crippen LogP contribution >= 0.6 is 0 Å². The van der Waals surface area contributed by atoms with Gasteiger partial charge in [0.2, 0.25) is 11.8 Å². The molecule has 27 heavy (non-hydrogen) atoms. The highest BCUT2D eigenvalue weighted by Gasteiger charge is 2.40. The number of carbonyl (C=O) groups excluding carboxylic acids is 2. The molecule has 1 aromatic carbocycles. The standard InChI is InChI=1S/C21H26N4O2/c1-14(26)23-10-8-16(9-11-23)21(27)24-12-17(13-24)25-19-5-3-2-4-18(19)22-20(25)15-6-7-15/h2-5,15-17H,6-13H2,1H3. The lowest BCUT2D eigenvalue weighted by molar-refractivity contribution is -0.144. The first kappa shape index (κ1) is 16.8. The SMILES string of the molecule is CC(=O)N1CCC(C(=O)N2CC(n3c(C4CC4)nc4ccccc43)C2)CC1. The fourth-order valence-electron chi connectivity index (χ4n) is 4.57. The average molecular weight is 366 g/mol. The van der Waals surface area contributed by atoms with E-state index in [0.29, 0.717) is 25.0 Å². The lowest BCUT2D eigenvalue weighted by atomic mass is 9.93. The minimum atomic E-state index is 0.0731. The molecule has 6 nitrogen and oxygen atoms in total. The van der Waals surface area contributed by atoms with Crippen molar-refractivity contribution in [2.24, 2.45) is 5.92 Å². The van der Waals surface area contributed by atoms with Crippen LogP contribution in [-0.4, -0.2) is 57.3 Å². The van der Waals surface area contributed by atoms with E-state index in [9.17, 15) is 9.59 Å². The largest absolute Gasteiger partial charge is 0.343 e. The summed E-state index contributed by atoms with van der Waals surface area (Å²) in [7, 11) is 0. The summed E-state index contributed by atoms with van der Waals surface area (Å²) in [6, 6.07) is 8.69. The number of para-hydroxylation sites is 2. The molecule has 2 aliphatic heterocycles. The molecule has 0 bridgehead atoms. The van der Waals surface area contributed by atoms with Gasteiger partial charge in [-0.15, -0.1) is 0 Å². The number of rotatable bonds is 3. The molecule has 0 spiro atoms. The van der Waals surface area contributed by atoms with Crippen LogP contribution in [0.2, 0.25) is 0 Å². The van der Waals surface area contributed by atoms with Gasteiger partial charge in [0.25, 0.3) is 0 Å². The van der Waals surface area contributed by atoms with Gasteiger partial charge in [-0.3, -0.25) is 9.59 Å². The Morgan fingerprint density at radius 3 is 2.37 bits per heavy atom. The van der Waals surface area contributed by atoms with Crippen LogP contribution in [0.1, 0.15) is 50.4 Å². The Balaban J connectivity index is 1.27. The van der Waals surface area contributed by atoms with E-state index in [1.54, 1.807) is 6.92 Å². The number of fused-ring (bicyclic) bond motifs is 1. The maximum Gasteiger partial charge on any atom is 0.225 e. The van der Waals surface area contributed by atoms with Crippen molar-refractivity contribution in [2.75, 3.05) is 26.2 Å². The van der Waals surface area contributed by atoms with Gasteiger partial charge in [0.1, 0.15) is 5.82 Å². The van der Waals surface area contributed by atoms with Crippen LogP contribution in [0.4, 0.5) is 0 Å². The van der Waals surface area contributed by atoms with Gasteiger partial charge in [-0.1, -0.05) is 12.1 Å². The molecule has 2 aromatic rings. The quantitative estimate of drug-likeness (QED) is 0.839. The molecule has 1 aromatic heterocycles. The van der Waals surface area contributed by atoms with Gasteiger partial charge in [0.05, 0.1) is 17.1 Å². The second kappa shape index (κ2) is 6.36. The van der Waals surface area contributed by atoms with Crippen molar-refractivity contribution >= 4 is 22.8 Å². The van der Waals surface area contributed by atoms with E-state index in [2.05, 4.69) is 22.8 Å². The number of piperidine rings is 1. The molecule has 1 saturated carbocycles. The maximum atomic E-state index is 12.9. The van der Waals surface area contributed by atoms with E-state index < -0.39 is 0 Å². The zero-order valence-corrected chi connectivity index (χ0v) is 15.8. The second-order valence-corrected chi connectivity index (χ2v) is 8.28.